The summed E-state index contributed by atoms with van der Waals surface area (Å²) in [6.07, 6.45) is 3.42. The lowest BCUT2D eigenvalue weighted by molar-refractivity contribution is 0.175. The molecule has 32 heavy (non-hydrogen) atoms. The van der Waals surface area contributed by atoms with Gasteiger partial charge in [0.15, 0.2) is 5.82 Å². The number of benzene rings is 1. The van der Waals surface area contributed by atoms with Crippen molar-refractivity contribution in [2.24, 2.45) is 4.99 Å². The summed E-state index contributed by atoms with van der Waals surface area (Å²) in [7, 11) is 1.73. The molecule has 2 N–H and O–H groups in total. The van der Waals surface area contributed by atoms with E-state index in [9.17, 15) is 0 Å². The van der Waals surface area contributed by atoms with Crippen LogP contribution in [-0.2, 0) is 5.41 Å². The number of H-pyrrole nitrogens is 1. The summed E-state index contributed by atoms with van der Waals surface area (Å²) < 4.78 is 5.70. The van der Waals surface area contributed by atoms with E-state index in [-0.39, 0.29) is 5.41 Å². The van der Waals surface area contributed by atoms with Crippen LogP contribution in [0.4, 0.5) is 16.4 Å². The maximum Gasteiger partial charge on any atom is 0.180 e. The molecule has 1 saturated heterocycles. The first-order valence-electron chi connectivity index (χ1n) is 11.1. The first-order valence-corrected chi connectivity index (χ1v) is 12.0. The quantitative estimate of drug-likeness (QED) is 0.617. The Balaban J connectivity index is 1.18. The largest absolute Gasteiger partial charge is 0.495 e. The van der Waals surface area contributed by atoms with Gasteiger partial charge in [-0.2, -0.15) is 5.21 Å². The predicted molar refractivity (Wildman–Crippen MR) is 125 cm³/mol. The Hall–Kier alpha value is -2.98. The van der Waals surface area contributed by atoms with Gasteiger partial charge < -0.3 is 15.0 Å². The lowest BCUT2D eigenvalue weighted by Crippen LogP contribution is -2.49. The predicted octanol–water partition coefficient (Wildman–Crippen LogP) is 3.14. The third-order valence-electron chi connectivity index (χ3n) is 6.83. The molecule has 2 aliphatic heterocycles. The minimum absolute atomic E-state index is 0.143. The van der Waals surface area contributed by atoms with Crippen molar-refractivity contribution in [3.05, 3.63) is 41.0 Å². The highest BCUT2D eigenvalue weighted by molar-refractivity contribution is 7.15. The minimum Gasteiger partial charge on any atom is -0.495 e. The summed E-state index contributed by atoms with van der Waals surface area (Å²) in [6.45, 7) is 4.96. The zero-order valence-corrected chi connectivity index (χ0v) is 18.9. The number of rotatable bonds is 5. The number of hydrogen-bond donors (Lipinski definition) is 2. The number of hydrogen-bond acceptors (Lipinski definition) is 9. The van der Waals surface area contributed by atoms with Crippen LogP contribution in [0.3, 0.4) is 0 Å². The summed E-state index contributed by atoms with van der Waals surface area (Å²) in [5, 5.41) is 21.5. The highest BCUT2D eigenvalue weighted by atomic mass is 32.1. The Morgan fingerprint density at radius 2 is 2.00 bits per heavy atom. The second-order valence-electron chi connectivity index (χ2n) is 8.68. The number of methoxy groups -OCH3 is 1. The Kier molecular flexibility index (Phi) is 4.83. The molecule has 1 aliphatic carbocycles. The molecule has 1 saturated carbocycles. The second-order valence-corrected chi connectivity index (χ2v) is 9.56. The number of thiophene rings is 1. The van der Waals surface area contributed by atoms with E-state index < -0.39 is 0 Å². The monoisotopic (exact) mass is 450 g/mol. The summed E-state index contributed by atoms with van der Waals surface area (Å²) in [6, 6.07) is 8.21. The molecule has 0 amide bonds. The van der Waals surface area contributed by atoms with Crippen molar-refractivity contribution in [1.82, 2.24) is 30.4 Å². The van der Waals surface area contributed by atoms with Gasteiger partial charge in [-0.1, -0.05) is 17.3 Å². The highest BCUT2D eigenvalue weighted by Crippen LogP contribution is 2.49. The molecule has 9 nitrogen and oxygen atoms in total. The van der Waals surface area contributed by atoms with E-state index in [1.807, 2.05) is 12.1 Å². The van der Waals surface area contributed by atoms with E-state index in [4.69, 9.17) is 9.73 Å². The maximum atomic E-state index is 5.70. The first-order chi connectivity index (χ1) is 15.8. The van der Waals surface area contributed by atoms with Crippen LogP contribution in [-0.4, -0.2) is 76.1 Å². The zero-order valence-electron chi connectivity index (χ0n) is 18.0. The fourth-order valence-electron chi connectivity index (χ4n) is 4.67. The third kappa shape index (κ3) is 3.43. The van der Waals surface area contributed by atoms with Gasteiger partial charge in [0.25, 0.3) is 0 Å². The molecule has 6 rings (SSSR count). The van der Waals surface area contributed by atoms with Crippen LogP contribution >= 0.6 is 11.3 Å². The van der Waals surface area contributed by atoms with Gasteiger partial charge in [0, 0.05) is 37.0 Å². The summed E-state index contributed by atoms with van der Waals surface area (Å²) in [5.74, 6) is 2.76. The minimum atomic E-state index is 0.143. The molecular weight excluding hydrogens is 424 g/mol. The van der Waals surface area contributed by atoms with Gasteiger partial charge in [-0.05, 0) is 37.9 Å². The Labute approximate surface area is 190 Å². The number of fused-ring (bicyclic) bond motifs is 2. The van der Waals surface area contributed by atoms with E-state index in [1.165, 1.54) is 0 Å². The van der Waals surface area contributed by atoms with Gasteiger partial charge >= 0.3 is 0 Å². The van der Waals surface area contributed by atoms with Gasteiger partial charge in [-0.3, -0.25) is 4.90 Å². The number of aliphatic imine (C=N–C) groups is 1. The number of para-hydroxylation sites is 2. The molecular formula is C22H26N8OS. The topological polar surface area (TPSA) is 94.6 Å². The van der Waals surface area contributed by atoms with E-state index in [2.05, 4.69) is 53.3 Å². The van der Waals surface area contributed by atoms with Crippen LogP contribution in [0.2, 0.25) is 0 Å². The second kappa shape index (κ2) is 7.86. The maximum absolute atomic E-state index is 5.70. The van der Waals surface area contributed by atoms with Crippen molar-refractivity contribution in [3.63, 3.8) is 0 Å². The number of anilines is 2. The van der Waals surface area contributed by atoms with Crippen molar-refractivity contribution in [3.8, 4) is 5.75 Å². The van der Waals surface area contributed by atoms with Crippen molar-refractivity contribution >= 4 is 33.5 Å². The van der Waals surface area contributed by atoms with Gasteiger partial charge in [0.2, 0.25) is 0 Å². The van der Waals surface area contributed by atoms with Gasteiger partial charge in [-0.15, -0.1) is 21.5 Å². The Bertz CT molecular complexity index is 1130. The van der Waals surface area contributed by atoms with Crippen LogP contribution in [0, 0.1) is 0 Å². The molecule has 166 valence electrons. The Morgan fingerprint density at radius 3 is 2.75 bits per heavy atom. The lowest BCUT2D eigenvalue weighted by Gasteiger charge is -2.37. The van der Waals surface area contributed by atoms with Crippen molar-refractivity contribution in [2.75, 3.05) is 45.2 Å². The zero-order chi connectivity index (χ0) is 21.5. The standard InChI is InChI=1S/C22H26N8OS/c1-31-17-14-32-20-18(17)19(23-15-4-2-3-5-16(15)24-20)30-12-10-29(11-13-30)9-8-22(6-7-22)21-25-27-28-26-21/h2-5,14,24H,6-13H2,1H3,(H,25,26,27,28). The number of ether oxygens (including phenoxy) is 1. The molecule has 0 atom stereocenters. The van der Waals surface area contributed by atoms with Crippen molar-refractivity contribution in [1.29, 1.82) is 0 Å². The molecule has 10 heteroatoms. The number of nitrogens with zero attached hydrogens (tertiary/aromatic N) is 6. The van der Waals surface area contributed by atoms with E-state index in [1.54, 1.807) is 18.4 Å². The molecule has 4 heterocycles. The molecule has 1 aromatic carbocycles. The van der Waals surface area contributed by atoms with Gasteiger partial charge in [0.05, 0.1) is 24.0 Å². The Morgan fingerprint density at radius 1 is 1.16 bits per heavy atom. The number of piperazine rings is 1. The lowest BCUT2D eigenvalue weighted by atomic mass is 10.0. The van der Waals surface area contributed by atoms with E-state index in [0.717, 1.165) is 91.3 Å². The number of aromatic amines is 1. The summed E-state index contributed by atoms with van der Waals surface area (Å²) in [4.78, 5) is 10.1. The third-order valence-corrected chi connectivity index (χ3v) is 7.70. The van der Waals surface area contributed by atoms with Crippen LogP contribution < -0.4 is 10.1 Å². The van der Waals surface area contributed by atoms with Crippen molar-refractivity contribution < 1.29 is 4.74 Å². The molecule has 0 spiro atoms. The van der Waals surface area contributed by atoms with E-state index in [0.29, 0.717) is 0 Å². The summed E-state index contributed by atoms with van der Waals surface area (Å²) >= 11 is 1.66. The number of aromatic nitrogens is 4. The number of amidine groups is 1. The van der Waals surface area contributed by atoms with Crippen molar-refractivity contribution in [2.45, 2.75) is 24.7 Å². The summed E-state index contributed by atoms with van der Waals surface area (Å²) in [5.41, 5.74) is 3.20. The smallest absolute Gasteiger partial charge is 0.180 e. The number of nitrogens with one attached hydrogen (secondary N) is 2. The fraction of sp³-hybridized carbons (Fsp3) is 0.455. The normalized spacial score (nSPS) is 19.4. The van der Waals surface area contributed by atoms with Gasteiger partial charge in [-0.25, -0.2) is 4.99 Å². The molecule has 3 aromatic rings. The fourth-order valence-corrected chi connectivity index (χ4v) is 5.59. The highest BCUT2D eigenvalue weighted by Gasteiger charge is 2.47. The molecule has 0 unspecified atom stereocenters. The molecule has 3 aliphatic rings. The number of tetrazole rings is 1. The molecule has 2 aromatic heterocycles. The average molecular weight is 451 g/mol. The van der Waals surface area contributed by atoms with Crippen LogP contribution in [0.25, 0.3) is 0 Å². The molecule has 2 fully saturated rings. The average Bonchev–Trinajstić information content (AvgIpc) is 3.26. The van der Waals surface area contributed by atoms with Gasteiger partial charge in [0.1, 0.15) is 16.6 Å². The van der Waals surface area contributed by atoms with Crippen LogP contribution in [0.15, 0.2) is 34.6 Å². The molecule has 0 radical (unpaired) electrons. The first kappa shape index (κ1) is 19.7. The SMILES string of the molecule is COc1csc2c1C(N1CCN(CCC3(c4nn[nH]n4)CC3)CC1)=Nc1ccccc1N2. The van der Waals surface area contributed by atoms with Crippen LogP contribution in [0.1, 0.15) is 30.7 Å². The molecule has 0 bridgehead atoms. The van der Waals surface area contributed by atoms with E-state index >= 15 is 0 Å². The van der Waals surface area contributed by atoms with Crippen LogP contribution in [0.5, 0.6) is 5.75 Å².